The van der Waals surface area contributed by atoms with Crippen LogP contribution in [0.1, 0.15) is 21.5 Å². The van der Waals surface area contributed by atoms with Gasteiger partial charge in [-0.2, -0.15) is 0 Å². The molecule has 160 valence electrons. The number of methoxy groups -OCH3 is 1. The Kier molecular flexibility index (Phi) is 6.00. The van der Waals surface area contributed by atoms with Crippen molar-refractivity contribution in [2.45, 2.75) is 24.2 Å². The van der Waals surface area contributed by atoms with Gasteiger partial charge in [0.1, 0.15) is 5.75 Å². The Morgan fingerprint density at radius 1 is 1.03 bits per heavy atom. The number of benzene rings is 3. The van der Waals surface area contributed by atoms with Crippen molar-refractivity contribution < 1.29 is 22.7 Å². The van der Waals surface area contributed by atoms with Crippen LogP contribution in [-0.4, -0.2) is 32.0 Å². The van der Waals surface area contributed by atoms with Gasteiger partial charge >= 0.3 is 0 Å². The van der Waals surface area contributed by atoms with Gasteiger partial charge in [0.25, 0.3) is 15.9 Å². The van der Waals surface area contributed by atoms with Crippen molar-refractivity contribution in [1.82, 2.24) is 4.31 Å². The van der Waals surface area contributed by atoms with E-state index in [1.807, 2.05) is 30.3 Å². The molecule has 1 heterocycles. The lowest BCUT2D eigenvalue weighted by Crippen LogP contribution is -2.50. The molecule has 1 aliphatic heterocycles. The average Bonchev–Trinajstić information content (AvgIpc) is 2.78. The highest BCUT2D eigenvalue weighted by atomic mass is 35.5. The minimum atomic E-state index is -4.22. The molecule has 0 saturated carbocycles. The molecule has 0 aromatic heterocycles. The molecular formula is C23H20ClNO5S. The second-order valence-electron chi connectivity index (χ2n) is 7.04. The van der Waals surface area contributed by atoms with Crippen molar-refractivity contribution >= 4 is 27.5 Å². The van der Waals surface area contributed by atoms with E-state index in [1.165, 1.54) is 25.3 Å². The summed E-state index contributed by atoms with van der Waals surface area (Å²) in [4.78, 5) is 13.3. The van der Waals surface area contributed by atoms with Crippen LogP contribution in [0.4, 0.5) is 0 Å². The highest BCUT2D eigenvalue weighted by Gasteiger charge is 2.42. The Morgan fingerprint density at radius 3 is 2.52 bits per heavy atom. The molecule has 0 fully saturated rings. The molecule has 4 rings (SSSR count). The first kappa shape index (κ1) is 21.4. The molecule has 3 aromatic rings. The van der Waals surface area contributed by atoms with Crippen LogP contribution in [0.5, 0.6) is 5.75 Å². The number of amides is 1. The number of sulfonamides is 1. The molecule has 1 unspecified atom stereocenters. The van der Waals surface area contributed by atoms with Crippen molar-refractivity contribution in [3.8, 4) is 5.75 Å². The fourth-order valence-electron chi connectivity index (χ4n) is 3.48. The molecule has 0 spiro atoms. The minimum absolute atomic E-state index is 0.0759. The van der Waals surface area contributed by atoms with Gasteiger partial charge in [0.15, 0.2) is 6.23 Å². The third-order valence-corrected chi connectivity index (χ3v) is 7.05. The summed E-state index contributed by atoms with van der Waals surface area (Å²) in [6.07, 6.45) is -0.782. The molecular weight excluding hydrogens is 438 g/mol. The second-order valence-corrected chi connectivity index (χ2v) is 9.29. The second kappa shape index (κ2) is 8.70. The lowest BCUT2D eigenvalue weighted by atomic mass is 9.99. The average molecular weight is 458 g/mol. The van der Waals surface area contributed by atoms with Gasteiger partial charge in [-0.05, 0) is 41.5 Å². The fourth-order valence-corrected chi connectivity index (χ4v) is 5.25. The van der Waals surface area contributed by atoms with Gasteiger partial charge in [0.2, 0.25) is 0 Å². The normalized spacial score (nSPS) is 16.1. The van der Waals surface area contributed by atoms with E-state index >= 15 is 0 Å². The number of carbonyl (C=O) groups excluding carboxylic acids is 1. The number of hydrogen-bond acceptors (Lipinski definition) is 5. The van der Waals surface area contributed by atoms with Crippen LogP contribution < -0.4 is 4.74 Å². The monoisotopic (exact) mass is 457 g/mol. The summed E-state index contributed by atoms with van der Waals surface area (Å²) in [5.74, 6) is -0.200. The van der Waals surface area contributed by atoms with E-state index in [0.29, 0.717) is 11.3 Å². The van der Waals surface area contributed by atoms with Crippen molar-refractivity contribution in [2.24, 2.45) is 0 Å². The molecule has 31 heavy (non-hydrogen) atoms. The summed E-state index contributed by atoms with van der Waals surface area (Å²) in [5.41, 5.74) is 1.83. The lowest BCUT2D eigenvalue weighted by molar-refractivity contribution is -0.0257. The summed E-state index contributed by atoms with van der Waals surface area (Å²) in [5, 5.41) is 0.259. The molecule has 0 N–H and O–H groups in total. The van der Waals surface area contributed by atoms with E-state index in [1.54, 1.807) is 24.3 Å². The van der Waals surface area contributed by atoms with E-state index in [9.17, 15) is 13.2 Å². The summed E-state index contributed by atoms with van der Waals surface area (Å²) in [7, 11) is -2.73. The Bertz CT molecular complexity index is 1210. The SMILES string of the molecule is COc1ccc2c(c1)C(=O)N(S(=O)(=O)c1cccc(Cl)c1)C(OCc1ccccc1)C2. The quantitative estimate of drug-likeness (QED) is 0.552. The summed E-state index contributed by atoms with van der Waals surface area (Å²) < 4.78 is 38.9. The molecule has 1 amide bonds. The zero-order valence-electron chi connectivity index (χ0n) is 16.7. The van der Waals surface area contributed by atoms with Crippen LogP contribution in [0, 0.1) is 0 Å². The zero-order chi connectivity index (χ0) is 22.0. The topological polar surface area (TPSA) is 72.9 Å². The van der Waals surface area contributed by atoms with Crippen LogP contribution in [-0.2, 0) is 27.8 Å². The number of halogens is 1. The molecule has 1 atom stereocenters. The standard InChI is InChI=1S/C23H20ClNO5S/c1-29-19-11-10-17-12-22(30-15-16-6-3-2-4-7-16)25(23(26)21(17)14-19)31(27,28)20-9-5-8-18(24)13-20/h2-11,13-14,22H,12,15H2,1H3. The van der Waals surface area contributed by atoms with Gasteiger partial charge < -0.3 is 9.47 Å². The molecule has 0 aliphatic carbocycles. The number of fused-ring (bicyclic) bond motifs is 1. The summed E-state index contributed by atoms with van der Waals surface area (Å²) in [6.45, 7) is 0.159. The Labute approximate surface area is 186 Å². The number of hydrogen-bond donors (Lipinski definition) is 0. The van der Waals surface area contributed by atoms with Crippen molar-refractivity contribution in [3.05, 3.63) is 94.5 Å². The van der Waals surface area contributed by atoms with Gasteiger partial charge in [-0.25, -0.2) is 12.7 Å². The molecule has 6 nitrogen and oxygen atoms in total. The van der Waals surface area contributed by atoms with E-state index < -0.39 is 22.2 Å². The van der Waals surface area contributed by atoms with Crippen LogP contribution in [0.15, 0.2) is 77.7 Å². The van der Waals surface area contributed by atoms with Gasteiger partial charge in [-0.1, -0.05) is 54.1 Å². The number of nitrogens with zero attached hydrogens (tertiary/aromatic N) is 1. The van der Waals surface area contributed by atoms with E-state index in [2.05, 4.69) is 0 Å². The van der Waals surface area contributed by atoms with Crippen LogP contribution in [0.3, 0.4) is 0 Å². The Balaban J connectivity index is 1.75. The molecule has 8 heteroatoms. The molecule has 0 bridgehead atoms. The predicted molar refractivity (Wildman–Crippen MR) is 117 cm³/mol. The van der Waals surface area contributed by atoms with Gasteiger partial charge in [0.05, 0.1) is 18.6 Å². The van der Waals surface area contributed by atoms with Crippen molar-refractivity contribution in [3.63, 3.8) is 0 Å². The number of carbonyl (C=O) groups is 1. The molecule has 3 aromatic carbocycles. The van der Waals surface area contributed by atoms with Crippen LogP contribution in [0.2, 0.25) is 5.02 Å². The van der Waals surface area contributed by atoms with Gasteiger partial charge in [-0.3, -0.25) is 4.79 Å². The predicted octanol–water partition coefficient (Wildman–Crippen LogP) is 4.28. The highest BCUT2D eigenvalue weighted by molar-refractivity contribution is 7.89. The maximum Gasteiger partial charge on any atom is 0.270 e. The van der Waals surface area contributed by atoms with E-state index in [-0.39, 0.29) is 28.5 Å². The summed E-state index contributed by atoms with van der Waals surface area (Å²) >= 11 is 6.01. The maximum absolute atomic E-state index is 13.5. The van der Waals surface area contributed by atoms with Crippen LogP contribution >= 0.6 is 11.6 Å². The summed E-state index contributed by atoms with van der Waals surface area (Å²) in [6, 6.07) is 20.2. The molecule has 0 radical (unpaired) electrons. The van der Waals surface area contributed by atoms with Crippen LogP contribution in [0.25, 0.3) is 0 Å². The van der Waals surface area contributed by atoms with E-state index in [0.717, 1.165) is 9.87 Å². The third kappa shape index (κ3) is 4.30. The van der Waals surface area contributed by atoms with Gasteiger partial charge in [-0.15, -0.1) is 0 Å². The first-order valence-corrected chi connectivity index (χ1v) is 11.4. The first-order chi connectivity index (χ1) is 14.9. The number of rotatable bonds is 6. The van der Waals surface area contributed by atoms with E-state index in [4.69, 9.17) is 21.1 Å². The molecule has 1 aliphatic rings. The fraction of sp³-hybridized carbons (Fsp3) is 0.174. The Hall–Kier alpha value is -2.87. The minimum Gasteiger partial charge on any atom is -0.497 e. The molecule has 0 saturated heterocycles. The number of ether oxygens (including phenoxy) is 2. The third-order valence-electron chi connectivity index (χ3n) is 5.04. The van der Waals surface area contributed by atoms with Crippen molar-refractivity contribution in [1.29, 1.82) is 0 Å². The van der Waals surface area contributed by atoms with Crippen molar-refractivity contribution in [2.75, 3.05) is 7.11 Å². The largest absolute Gasteiger partial charge is 0.497 e. The highest BCUT2D eigenvalue weighted by Crippen LogP contribution is 2.32. The lowest BCUT2D eigenvalue weighted by Gasteiger charge is -2.35. The smallest absolute Gasteiger partial charge is 0.270 e. The van der Waals surface area contributed by atoms with Gasteiger partial charge in [0, 0.05) is 17.0 Å². The Morgan fingerprint density at radius 2 is 1.81 bits per heavy atom. The maximum atomic E-state index is 13.5. The first-order valence-electron chi connectivity index (χ1n) is 9.57. The zero-order valence-corrected chi connectivity index (χ0v) is 18.3.